The van der Waals surface area contributed by atoms with Crippen LogP contribution in [0.3, 0.4) is 0 Å². The highest BCUT2D eigenvalue weighted by molar-refractivity contribution is 6.90. The highest BCUT2D eigenvalue weighted by Crippen LogP contribution is 2.31. The molecule has 2 N–H and O–H groups in total. The van der Waals surface area contributed by atoms with Gasteiger partial charge in [-0.05, 0) is 23.3 Å². The zero-order chi connectivity index (χ0) is 12.9. The SMILES string of the molecule is CCN[Si](NCC)(c1ccccc1)C(C)(C)C. The van der Waals surface area contributed by atoms with Crippen molar-refractivity contribution < 1.29 is 0 Å². The molecule has 3 heteroatoms. The number of hydrogen-bond acceptors (Lipinski definition) is 2. The quantitative estimate of drug-likeness (QED) is 0.784. The van der Waals surface area contributed by atoms with Crippen LogP contribution in [0.1, 0.15) is 34.6 Å². The highest BCUT2D eigenvalue weighted by atomic mass is 28.3. The predicted molar refractivity (Wildman–Crippen MR) is 78.9 cm³/mol. The van der Waals surface area contributed by atoms with Gasteiger partial charge in [-0.3, -0.25) is 0 Å². The lowest BCUT2D eigenvalue weighted by atomic mass is 10.2. The summed E-state index contributed by atoms with van der Waals surface area (Å²) >= 11 is 0. The van der Waals surface area contributed by atoms with Crippen LogP contribution in [0.25, 0.3) is 0 Å². The largest absolute Gasteiger partial charge is 0.322 e. The average molecular weight is 250 g/mol. The summed E-state index contributed by atoms with van der Waals surface area (Å²) < 4.78 is 0. The van der Waals surface area contributed by atoms with Crippen molar-refractivity contribution >= 4 is 13.6 Å². The van der Waals surface area contributed by atoms with Crippen molar-refractivity contribution in [3.05, 3.63) is 30.3 Å². The summed E-state index contributed by atoms with van der Waals surface area (Å²) in [6, 6.07) is 10.9. The van der Waals surface area contributed by atoms with Gasteiger partial charge in [0.1, 0.15) is 0 Å². The zero-order valence-corrected chi connectivity index (χ0v) is 12.8. The van der Waals surface area contributed by atoms with Gasteiger partial charge in [-0.25, -0.2) is 0 Å². The maximum Gasteiger partial charge on any atom is 0.239 e. The van der Waals surface area contributed by atoms with Crippen LogP contribution >= 0.6 is 0 Å². The van der Waals surface area contributed by atoms with Gasteiger partial charge in [0.25, 0.3) is 0 Å². The summed E-state index contributed by atoms with van der Waals surface area (Å²) in [6.45, 7) is 13.4. The number of hydrogen-bond donors (Lipinski definition) is 2. The summed E-state index contributed by atoms with van der Waals surface area (Å²) in [5, 5.41) is 1.68. The predicted octanol–water partition coefficient (Wildman–Crippen LogP) is 2.35. The Morgan fingerprint density at radius 2 is 1.41 bits per heavy atom. The lowest BCUT2D eigenvalue weighted by Gasteiger charge is -2.43. The van der Waals surface area contributed by atoms with Crippen LogP contribution in [0.15, 0.2) is 30.3 Å². The number of rotatable bonds is 5. The van der Waals surface area contributed by atoms with Crippen LogP contribution in [-0.2, 0) is 0 Å². The molecule has 0 saturated heterocycles. The van der Waals surface area contributed by atoms with E-state index >= 15 is 0 Å². The molecule has 0 aliphatic rings. The third-order valence-corrected chi connectivity index (χ3v) is 8.43. The van der Waals surface area contributed by atoms with E-state index in [1.54, 1.807) is 0 Å². The van der Waals surface area contributed by atoms with Crippen molar-refractivity contribution in [3.63, 3.8) is 0 Å². The van der Waals surface area contributed by atoms with Crippen LogP contribution in [0.4, 0.5) is 0 Å². The van der Waals surface area contributed by atoms with Crippen molar-refractivity contribution in [1.29, 1.82) is 0 Å². The average Bonchev–Trinajstić information content (AvgIpc) is 2.28. The molecule has 0 aliphatic heterocycles. The second-order valence-corrected chi connectivity index (χ2v) is 9.71. The number of benzene rings is 1. The summed E-state index contributed by atoms with van der Waals surface area (Å²) in [4.78, 5) is 7.56. The van der Waals surface area contributed by atoms with E-state index in [0.29, 0.717) is 0 Å². The van der Waals surface area contributed by atoms with Gasteiger partial charge in [0.15, 0.2) is 0 Å². The van der Waals surface area contributed by atoms with Gasteiger partial charge in [-0.15, -0.1) is 0 Å². The molecule has 2 nitrogen and oxygen atoms in total. The van der Waals surface area contributed by atoms with Gasteiger partial charge >= 0.3 is 0 Å². The normalized spacial score (nSPS) is 12.8. The monoisotopic (exact) mass is 250 g/mol. The molecule has 0 unspecified atom stereocenters. The molecule has 0 fully saturated rings. The van der Waals surface area contributed by atoms with Crippen LogP contribution in [0.5, 0.6) is 0 Å². The lowest BCUT2D eigenvalue weighted by molar-refractivity contribution is 0.659. The van der Waals surface area contributed by atoms with Crippen LogP contribution < -0.4 is 15.2 Å². The fourth-order valence-corrected chi connectivity index (χ4v) is 6.66. The Labute approximate surface area is 107 Å². The molecule has 1 aromatic rings. The molecule has 1 rings (SSSR count). The van der Waals surface area contributed by atoms with Crippen molar-refractivity contribution in [2.24, 2.45) is 0 Å². The van der Waals surface area contributed by atoms with Gasteiger partial charge in [-0.1, -0.05) is 65.0 Å². The van der Waals surface area contributed by atoms with Crippen molar-refractivity contribution in [2.45, 2.75) is 39.7 Å². The first-order valence-electron chi connectivity index (χ1n) is 6.53. The molecular formula is C14H26N2Si. The molecular weight excluding hydrogens is 224 g/mol. The molecule has 0 atom stereocenters. The van der Waals surface area contributed by atoms with E-state index in [1.807, 2.05) is 0 Å². The van der Waals surface area contributed by atoms with E-state index in [4.69, 9.17) is 0 Å². The molecule has 0 heterocycles. The summed E-state index contributed by atoms with van der Waals surface area (Å²) in [6.07, 6.45) is 0. The van der Waals surface area contributed by atoms with E-state index in [0.717, 1.165) is 13.1 Å². The van der Waals surface area contributed by atoms with Crippen LogP contribution in [0, 0.1) is 0 Å². The van der Waals surface area contributed by atoms with Crippen molar-refractivity contribution in [1.82, 2.24) is 9.96 Å². The molecule has 0 aromatic heterocycles. The Morgan fingerprint density at radius 1 is 0.941 bits per heavy atom. The smallest absolute Gasteiger partial charge is 0.239 e. The van der Waals surface area contributed by atoms with Crippen LogP contribution in [0.2, 0.25) is 5.04 Å². The maximum absolute atomic E-state index is 3.78. The van der Waals surface area contributed by atoms with Crippen molar-refractivity contribution in [2.75, 3.05) is 13.1 Å². The minimum absolute atomic E-state index is 0.236. The van der Waals surface area contributed by atoms with E-state index in [2.05, 4.69) is 74.9 Å². The maximum atomic E-state index is 3.78. The standard InChI is InChI=1S/C14H26N2Si/c1-6-15-17(16-7-2,14(3,4)5)13-11-9-8-10-12-13/h8-12,15-16H,6-7H2,1-5H3. The summed E-state index contributed by atoms with van der Waals surface area (Å²) in [7, 11) is -1.87. The molecule has 0 saturated carbocycles. The van der Waals surface area contributed by atoms with Gasteiger partial charge in [-0.2, -0.15) is 0 Å². The van der Waals surface area contributed by atoms with Gasteiger partial charge in [0, 0.05) is 0 Å². The fraction of sp³-hybridized carbons (Fsp3) is 0.571. The molecule has 0 amide bonds. The topological polar surface area (TPSA) is 24.1 Å². The Morgan fingerprint density at radius 3 is 1.76 bits per heavy atom. The summed E-state index contributed by atoms with van der Waals surface area (Å²) in [5.74, 6) is 0. The first kappa shape index (κ1) is 14.4. The molecule has 96 valence electrons. The molecule has 0 radical (unpaired) electrons. The third-order valence-electron chi connectivity index (χ3n) is 3.22. The Hall–Kier alpha value is -0.643. The molecule has 1 aromatic carbocycles. The van der Waals surface area contributed by atoms with Crippen LogP contribution in [-0.4, -0.2) is 21.5 Å². The van der Waals surface area contributed by atoms with Crippen molar-refractivity contribution in [3.8, 4) is 0 Å². The fourth-order valence-electron chi connectivity index (χ4n) is 2.45. The summed E-state index contributed by atoms with van der Waals surface area (Å²) in [5.41, 5.74) is 0. The Bertz CT molecular complexity index is 324. The van der Waals surface area contributed by atoms with Gasteiger partial charge < -0.3 is 9.96 Å². The second kappa shape index (κ2) is 5.80. The first-order valence-corrected chi connectivity index (χ1v) is 8.53. The Balaban J connectivity index is 3.25. The molecule has 17 heavy (non-hydrogen) atoms. The number of nitrogens with one attached hydrogen (secondary N) is 2. The highest BCUT2D eigenvalue weighted by Gasteiger charge is 2.45. The minimum atomic E-state index is -1.87. The third kappa shape index (κ3) is 2.97. The van der Waals surface area contributed by atoms with E-state index < -0.39 is 8.40 Å². The first-order chi connectivity index (χ1) is 7.98. The van der Waals surface area contributed by atoms with E-state index in [1.165, 1.54) is 5.19 Å². The minimum Gasteiger partial charge on any atom is -0.322 e. The zero-order valence-electron chi connectivity index (χ0n) is 11.8. The lowest BCUT2D eigenvalue weighted by Crippen LogP contribution is -2.75. The molecule has 0 spiro atoms. The van der Waals surface area contributed by atoms with E-state index in [9.17, 15) is 0 Å². The van der Waals surface area contributed by atoms with Gasteiger partial charge in [0.05, 0.1) is 0 Å². The second-order valence-electron chi connectivity index (χ2n) is 5.43. The Kier molecular flexibility index (Phi) is 4.92. The van der Waals surface area contributed by atoms with E-state index in [-0.39, 0.29) is 5.04 Å². The molecule has 0 bridgehead atoms. The van der Waals surface area contributed by atoms with Gasteiger partial charge in [0.2, 0.25) is 8.40 Å². The molecule has 0 aliphatic carbocycles.